The van der Waals surface area contributed by atoms with Crippen LogP contribution in [0.1, 0.15) is 31.4 Å². The third-order valence-corrected chi connectivity index (χ3v) is 3.04. The van der Waals surface area contributed by atoms with E-state index in [0.29, 0.717) is 5.88 Å². The molecule has 0 unspecified atom stereocenters. The molecule has 1 aromatic heterocycles. The SMILES string of the molecule is Cc1nc(OCC2CCCC2)ccc1N. The van der Waals surface area contributed by atoms with Crippen LogP contribution >= 0.6 is 0 Å². The molecule has 0 saturated heterocycles. The maximum absolute atomic E-state index is 5.69. The Labute approximate surface area is 90.7 Å². The van der Waals surface area contributed by atoms with E-state index < -0.39 is 0 Å². The number of pyridine rings is 1. The van der Waals surface area contributed by atoms with Gasteiger partial charge in [-0.2, -0.15) is 0 Å². The maximum Gasteiger partial charge on any atom is 0.213 e. The zero-order valence-corrected chi connectivity index (χ0v) is 9.20. The van der Waals surface area contributed by atoms with E-state index >= 15 is 0 Å². The summed E-state index contributed by atoms with van der Waals surface area (Å²) in [5, 5.41) is 0. The molecular formula is C12H18N2O. The zero-order chi connectivity index (χ0) is 10.7. The Balaban J connectivity index is 1.90. The van der Waals surface area contributed by atoms with Crippen LogP contribution in [0.2, 0.25) is 0 Å². The molecule has 1 aliphatic rings. The second kappa shape index (κ2) is 4.51. The first-order valence-electron chi connectivity index (χ1n) is 5.61. The first kappa shape index (κ1) is 10.3. The highest BCUT2D eigenvalue weighted by Crippen LogP contribution is 2.25. The fourth-order valence-electron chi connectivity index (χ4n) is 2.01. The molecule has 2 N–H and O–H groups in total. The standard InChI is InChI=1S/C12H18N2O/c1-9-11(13)6-7-12(14-9)15-8-10-4-2-3-5-10/h6-7,10H,2-5,8,13H2,1H3. The molecule has 2 rings (SSSR count). The van der Waals surface area contributed by atoms with Gasteiger partial charge in [0.1, 0.15) is 0 Å². The summed E-state index contributed by atoms with van der Waals surface area (Å²) in [5.41, 5.74) is 7.26. The topological polar surface area (TPSA) is 48.1 Å². The monoisotopic (exact) mass is 206 g/mol. The van der Waals surface area contributed by atoms with Crippen molar-refractivity contribution in [2.24, 2.45) is 5.92 Å². The summed E-state index contributed by atoms with van der Waals surface area (Å²) in [4.78, 5) is 4.29. The van der Waals surface area contributed by atoms with Gasteiger partial charge >= 0.3 is 0 Å². The lowest BCUT2D eigenvalue weighted by Gasteiger charge is -2.11. The molecule has 0 aromatic carbocycles. The van der Waals surface area contributed by atoms with E-state index in [4.69, 9.17) is 10.5 Å². The fourth-order valence-corrected chi connectivity index (χ4v) is 2.01. The second-order valence-electron chi connectivity index (χ2n) is 4.29. The first-order valence-corrected chi connectivity index (χ1v) is 5.61. The molecule has 1 fully saturated rings. The molecule has 0 radical (unpaired) electrons. The van der Waals surface area contributed by atoms with E-state index in [0.717, 1.165) is 23.9 Å². The minimum atomic E-state index is 0.702. The molecule has 0 atom stereocenters. The lowest BCUT2D eigenvalue weighted by molar-refractivity contribution is 0.243. The average Bonchev–Trinajstić information content (AvgIpc) is 2.73. The van der Waals surface area contributed by atoms with Crippen LogP contribution in [0.3, 0.4) is 0 Å². The van der Waals surface area contributed by atoms with Crippen LogP contribution in [0.25, 0.3) is 0 Å². The fraction of sp³-hybridized carbons (Fsp3) is 0.583. The van der Waals surface area contributed by atoms with Crippen molar-refractivity contribution < 1.29 is 4.74 Å². The minimum absolute atomic E-state index is 0.702. The molecule has 0 amide bonds. The van der Waals surface area contributed by atoms with Gasteiger partial charge < -0.3 is 10.5 Å². The number of rotatable bonds is 3. The molecular weight excluding hydrogens is 188 g/mol. The van der Waals surface area contributed by atoms with Gasteiger partial charge in [0.2, 0.25) is 5.88 Å². The highest BCUT2D eigenvalue weighted by atomic mass is 16.5. The molecule has 1 heterocycles. The van der Waals surface area contributed by atoms with Gasteiger partial charge in [-0.1, -0.05) is 12.8 Å². The Bertz CT molecular complexity index is 332. The zero-order valence-electron chi connectivity index (χ0n) is 9.20. The number of nitrogen functional groups attached to an aromatic ring is 1. The van der Waals surface area contributed by atoms with Gasteiger partial charge in [0.15, 0.2) is 0 Å². The first-order chi connectivity index (χ1) is 7.25. The molecule has 0 bridgehead atoms. The van der Waals surface area contributed by atoms with Crippen LogP contribution in [0.5, 0.6) is 5.88 Å². The average molecular weight is 206 g/mol. The van der Waals surface area contributed by atoms with Gasteiger partial charge in [0, 0.05) is 6.07 Å². The quantitative estimate of drug-likeness (QED) is 0.826. The van der Waals surface area contributed by atoms with Gasteiger partial charge in [-0.3, -0.25) is 0 Å². The summed E-state index contributed by atoms with van der Waals surface area (Å²) >= 11 is 0. The molecule has 1 aromatic rings. The Kier molecular flexibility index (Phi) is 3.09. The van der Waals surface area contributed by atoms with Crippen molar-refractivity contribution in [1.82, 2.24) is 4.98 Å². The largest absolute Gasteiger partial charge is 0.477 e. The van der Waals surface area contributed by atoms with Crippen LogP contribution < -0.4 is 10.5 Å². The van der Waals surface area contributed by atoms with E-state index in [1.807, 2.05) is 19.1 Å². The van der Waals surface area contributed by atoms with Crippen molar-refractivity contribution in [2.45, 2.75) is 32.6 Å². The van der Waals surface area contributed by atoms with Crippen molar-refractivity contribution in [3.8, 4) is 5.88 Å². The number of hydrogen-bond acceptors (Lipinski definition) is 3. The Hall–Kier alpha value is -1.25. The van der Waals surface area contributed by atoms with Gasteiger partial charge in [-0.25, -0.2) is 4.98 Å². The molecule has 15 heavy (non-hydrogen) atoms. The third kappa shape index (κ3) is 2.61. The van der Waals surface area contributed by atoms with Crippen LogP contribution in [-0.4, -0.2) is 11.6 Å². The van der Waals surface area contributed by atoms with E-state index in [1.165, 1.54) is 25.7 Å². The summed E-state index contributed by atoms with van der Waals surface area (Å²) in [6.45, 7) is 2.70. The number of aromatic nitrogens is 1. The molecule has 3 nitrogen and oxygen atoms in total. The number of nitrogens with zero attached hydrogens (tertiary/aromatic N) is 1. The summed E-state index contributed by atoms with van der Waals surface area (Å²) < 4.78 is 5.66. The van der Waals surface area contributed by atoms with E-state index in [2.05, 4.69) is 4.98 Å². The van der Waals surface area contributed by atoms with E-state index in [-0.39, 0.29) is 0 Å². The number of nitrogens with two attached hydrogens (primary N) is 1. The van der Waals surface area contributed by atoms with E-state index in [9.17, 15) is 0 Å². The van der Waals surface area contributed by atoms with Gasteiger partial charge in [0.25, 0.3) is 0 Å². The number of ether oxygens (including phenoxy) is 1. The summed E-state index contributed by atoms with van der Waals surface area (Å²) in [6, 6.07) is 3.70. The smallest absolute Gasteiger partial charge is 0.213 e. The number of anilines is 1. The molecule has 82 valence electrons. The molecule has 0 aliphatic heterocycles. The second-order valence-corrected chi connectivity index (χ2v) is 4.29. The van der Waals surface area contributed by atoms with Crippen molar-refractivity contribution in [3.63, 3.8) is 0 Å². The van der Waals surface area contributed by atoms with Crippen LogP contribution in [0, 0.1) is 12.8 Å². The molecule has 1 saturated carbocycles. The predicted octanol–water partition coefficient (Wildman–Crippen LogP) is 2.54. The molecule has 1 aliphatic carbocycles. The maximum atomic E-state index is 5.69. The van der Waals surface area contributed by atoms with Gasteiger partial charge in [0.05, 0.1) is 18.0 Å². The molecule has 0 spiro atoms. The van der Waals surface area contributed by atoms with Crippen molar-refractivity contribution in [3.05, 3.63) is 17.8 Å². The lowest BCUT2D eigenvalue weighted by Crippen LogP contribution is -2.09. The predicted molar refractivity (Wildman–Crippen MR) is 60.8 cm³/mol. The Morgan fingerprint density at radius 1 is 1.40 bits per heavy atom. The highest BCUT2D eigenvalue weighted by molar-refractivity contribution is 5.43. The van der Waals surface area contributed by atoms with Crippen LogP contribution in [0.15, 0.2) is 12.1 Å². The third-order valence-electron chi connectivity index (χ3n) is 3.04. The lowest BCUT2D eigenvalue weighted by atomic mass is 10.1. The normalized spacial score (nSPS) is 16.9. The summed E-state index contributed by atoms with van der Waals surface area (Å²) in [5.74, 6) is 1.43. The van der Waals surface area contributed by atoms with Crippen LogP contribution in [0.4, 0.5) is 5.69 Å². The Morgan fingerprint density at radius 2 is 2.13 bits per heavy atom. The van der Waals surface area contributed by atoms with Crippen molar-refractivity contribution in [1.29, 1.82) is 0 Å². The number of aryl methyl sites for hydroxylation is 1. The summed E-state index contributed by atoms with van der Waals surface area (Å²) in [7, 11) is 0. The van der Waals surface area contributed by atoms with E-state index in [1.54, 1.807) is 0 Å². The van der Waals surface area contributed by atoms with Crippen LogP contribution in [-0.2, 0) is 0 Å². The Morgan fingerprint density at radius 3 is 2.80 bits per heavy atom. The highest BCUT2D eigenvalue weighted by Gasteiger charge is 2.15. The summed E-state index contributed by atoms with van der Waals surface area (Å²) in [6.07, 6.45) is 5.30. The minimum Gasteiger partial charge on any atom is -0.477 e. The van der Waals surface area contributed by atoms with Gasteiger partial charge in [-0.15, -0.1) is 0 Å². The van der Waals surface area contributed by atoms with Crippen molar-refractivity contribution >= 4 is 5.69 Å². The van der Waals surface area contributed by atoms with Gasteiger partial charge in [-0.05, 0) is 31.7 Å². The van der Waals surface area contributed by atoms with Crippen molar-refractivity contribution in [2.75, 3.05) is 12.3 Å². The molecule has 3 heteroatoms. The number of hydrogen-bond donors (Lipinski definition) is 1.